The molecular formula is C12H23N3O2. The van der Waals surface area contributed by atoms with Crippen LogP contribution in [0.2, 0.25) is 0 Å². The van der Waals surface area contributed by atoms with Crippen LogP contribution in [-0.2, 0) is 4.79 Å². The fourth-order valence-corrected chi connectivity index (χ4v) is 2.69. The largest absolute Gasteiger partial charge is 0.351 e. The molecule has 0 saturated heterocycles. The first kappa shape index (κ1) is 14.0. The van der Waals surface area contributed by atoms with Gasteiger partial charge in [0.1, 0.15) is 0 Å². The van der Waals surface area contributed by atoms with E-state index in [1.807, 2.05) is 0 Å². The number of carbonyl (C=O) groups excluding carboxylic acids is 2. The van der Waals surface area contributed by atoms with Gasteiger partial charge in [0, 0.05) is 6.04 Å². The van der Waals surface area contributed by atoms with E-state index in [-0.39, 0.29) is 11.9 Å². The van der Waals surface area contributed by atoms with Crippen molar-refractivity contribution in [1.29, 1.82) is 0 Å². The van der Waals surface area contributed by atoms with Gasteiger partial charge in [0.2, 0.25) is 5.91 Å². The zero-order chi connectivity index (χ0) is 13.0. The molecule has 1 aliphatic rings. The van der Waals surface area contributed by atoms with Crippen molar-refractivity contribution in [3.8, 4) is 0 Å². The average Bonchev–Trinajstić information content (AvgIpc) is 2.59. The summed E-state index contributed by atoms with van der Waals surface area (Å²) in [6, 6.07) is -0.825. The average molecular weight is 241 g/mol. The first-order valence-corrected chi connectivity index (χ1v) is 6.32. The molecule has 0 radical (unpaired) electrons. The lowest BCUT2D eigenvalue weighted by molar-refractivity contribution is -0.121. The highest BCUT2D eigenvalue weighted by Crippen LogP contribution is 2.33. The van der Waals surface area contributed by atoms with Crippen LogP contribution in [0.25, 0.3) is 0 Å². The molecule has 4 atom stereocenters. The van der Waals surface area contributed by atoms with Crippen LogP contribution in [0.5, 0.6) is 0 Å². The second kappa shape index (κ2) is 6.00. The molecule has 98 valence electrons. The quantitative estimate of drug-likeness (QED) is 0.686. The molecule has 0 aromatic carbocycles. The molecular weight excluding hydrogens is 218 g/mol. The van der Waals surface area contributed by atoms with Crippen LogP contribution in [0.1, 0.15) is 40.0 Å². The standard InChI is InChI=1S/C12H23N3O2/c1-4-9-5-6-10(7(9)2)14-8(3)11(16)15-12(13)17/h7-10,14H,4-6H2,1-3H3,(H3,13,15,16,17). The molecule has 0 aliphatic heterocycles. The number of rotatable bonds is 4. The van der Waals surface area contributed by atoms with Gasteiger partial charge in [-0.3, -0.25) is 10.1 Å². The SMILES string of the molecule is CCC1CCC(NC(C)C(=O)NC(N)=O)C1C. The number of primary amides is 1. The fraction of sp³-hybridized carbons (Fsp3) is 0.833. The van der Waals surface area contributed by atoms with E-state index in [9.17, 15) is 9.59 Å². The number of amides is 3. The molecule has 0 aromatic rings. The van der Waals surface area contributed by atoms with E-state index < -0.39 is 6.03 Å². The summed E-state index contributed by atoms with van der Waals surface area (Å²) in [4.78, 5) is 22.1. The maximum atomic E-state index is 11.5. The number of urea groups is 1. The van der Waals surface area contributed by atoms with Crippen LogP contribution in [0.3, 0.4) is 0 Å². The first-order chi connectivity index (χ1) is 7.95. The van der Waals surface area contributed by atoms with Gasteiger partial charge >= 0.3 is 6.03 Å². The predicted octanol–water partition coefficient (Wildman–Crippen LogP) is 0.984. The third-order valence-electron chi connectivity index (χ3n) is 3.85. The van der Waals surface area contributed by atoms with Crippen molar-refractivity contribution in [1.82, 2.24) is 10.6 Å². The Morgan fingerprint density at radius 1 is 1.41 bits per heavy atom. The highest BCUT2D eigenvalue weighted by atomic mass is 16.2. The first-order valence-electron chi connectivity index (χ1n) is 6.32. The van der Waals surface area contributed by atoms with Crippen molar-refractivity contribution in [3.05, 3.63) is 0 Å². The molecule has 0 bridgehead atoms. The van der Waals surface area contributed by atoms with Crippen LogP contribution < -0.4 is 16.4 Å². The van der Waals surface area contributed by atoms with E-state index in [1.165, 1.54) is 12.8 Å². The van der Waals surface area contributed by atoms with Crippen molar-refractivity contribution < 1.29 is 9.59 Å². The Balaban J connectivity index is 2.44. The lowest BCUT2D eigenvalue weighted by Gasteiger charge is -2.24. The summed E-state index contributed by atoms with van der Waals surface area (Å²) >= 11 is 0. The number of imide groups is 1. The predicted molar refractivity (Wildman–Crippen MR) is 66.3 cm³/mol. The topological polar surface area (TPSA) is 84.2 Å². The Hall–Kier alpha value is -1.10. The van der Waals surface area contributed by atoms with Crippen molar-refractivity contribution in [2.45, 2.75) is 52.1 Å². The van der Waals surface area contributed by atoms with E-state index in [0.29, 0.717) is 12.0 Å². The van der Waals surface area contributed by atoms with Crippen LogP contribution in [-0.4, -0.2) is 24.0 Å². The van der Waals surface area contributed by atoms with Gasteiger partial charge in [0.15, 0.2) is 0 Å². The van der Waals surface area contributed by atoms with Crippen LogP contribution in [0, 0.1) is 11.8 Å². The Labute approximate surface area is 103 Å². The van der Waals surface area contributed by atoms with Crippen molar-refractivity contribution in [3.63, 3.8) is 0 Å². The van der Waals surface area contributed by atoms with Gasteiger partial charge in [-0.05, 0) is 31.6 Å². The van der Waals surface area contributed by atoms with Crippen molar-refractivity contribution >= 4 is 11.9 Å². The van der Waals surface area contributed by atoms with Gasteiger partial charge in [-0.25, -0.2) is 4.79 Å². The van der Waals surface area contributed by atoms with Crippen LogP contribution >= 0.6 is 0 Å². The maximum absolute atomic E-state index is 11.5. The maximum Gasteiger partial charge on any atom is 0.318 e. The van der Waals surface area contributed by atoms with Gasteiger partial charge in [-0.1, -0.05) is 20.3 Å². The second-order valence-corrected chi connectivity index (χ2v) is 4.95. The molecule has 17 heavy (non-hydrogen) atoms. The Morgan fingerprint density at radius 3 is 2.53 bits per heavy atom. The molecule has 0 heterocycles. The summed E-state index contributed by atoms with van der Waals surface area (Å²) in [6.07, 6.45) is 3.48. The van der Waals surface area contributed by atoms with Gasteiger partial charge in [-0.15, -0.1) is 0 Å². The summed E-state index contributed by atoms with van der Waals surface area (Å²) in [5, 5.41) is 5.37. The van der Waals surface area contributed by atoms with Crippen LogP contribution in [0.4, 0.5) is 4.79 Å². The summed E-state index contributed by atoms with van der Waals surface area (Å²) in [5.74, 6) is 0.951. The Bertz CT molecular complexity index is 293. The molecule has 4 N–H and O–H groups in total. The number of hydrogen-bond donors (Lipinski definition) is 3. The number of nitrogens with one attached hydrogen (secondary N) is 2. The molecule has 1 saturated carbocycles. The third-order valence-corrected chi connectivity index (χ3v) is 3.85. The second-order valence-electron chi connectivity index (χ2n) is 4.95. The molecule has 0 spiro atoms. The van der Waals surface area contributed by atoms with E-state index in [1.54, 1.807) is 6.92 Å². The number of carbonyl (C=O) groups is 2. The van der Waals surface area contributed by atoms with E-state index >= 15 is 0 Å². The molecule has 5 nitrogen and oxygen atoms in total. The molecule has 5 heteroatoms. The molecule has 0 aromatic heterocycles. The van der Waals surface area contributed by atoms with Gasteiger partial charge in [-0.2, -0.15) is 0 Å². The normalized spacial score (nSPS) is 29.9. The highest BCUT2D eigenvalue weighted by molar-refractivity contribution is 5.96. The Morgan fingerprint density at radius 2 is 2.06 bits per heavy atom. The van der Waals surface area contributed by atoms with Crippen LogP contribution in [0.15, 0.2) is 0 Å². The number of hydrogen-bond acceptors (Lipinski definition) is 3. The van der Waals surface area contributed by atoms with E-state index in [4.69, 9.17) is 5.73 Å². The molecule has 3 amide bonds. The molecule has 1 rings (SSSR count). The zero-order valence-electron chi connectivity index (χ0n) is 10.8. The van der Waals surface area contributed by atoms with Gasteiger partial charge in [0.05, 0.1) is 6.04 Å². The minimum Gasteiger partial charge on any atom is -0.351 e. The summed E-state index contributed by atoms with van der Waals surface area (Å²) in [6.45, 7) is 6.18. The van der Waals surface area contributed by atoms with Crippen molar-refractivity contribution in [2.24, 2.45) is 17.6 Å². The molecule has 1 fully saturated rings. The zero-order valence-corrected chi connectivity index (χ0v) is 10.8. The third kappa shape index (κ3) is 3.70. The Kier molecular flexibility index (Phi) is 4.93. The monoisotopic (exact) mass is 241 g/mol. The summed E-state index contributed by atoms with van der Waals surface area (Å²) < 4.78 is 0. The van der Waals surface area contributed by atoms with E-state index in [2.05, 4.69) is 24.5 Å². The van der Waals surface area contributed by atoms with Gasteiger partial charge < -0.3 is 11.1 Å². The molecule has 1 aliphatic carbocycles. The van der Waals surface area contributed by atoms with E-state index in [0.717, 1.165) is 12.3 Å². The molecule has 4 unspecified atom stereocenters. The van der Waals surface area contributed by atoms with Gasteiger partial charge in [0.25, 0.3) is 0 Å². The minimum atomic E-state index is -0.797. The lowest BCUT2D eigenvalue weighted by atomic mass is 9.93. The van der Waals surface area contributed by atoms with Crippen molar-refractivity contribution in [2.75, 3.05) is 0 Å². The smallest absolute Gasteiger partial charge is 0.318 e. The summed E-state index contributed by atoms with van der Waals surface area (Å²) in [5.41, 5.74) is 4.91. The fourth-order valence-electron chi connectivity index (χ4n) is 2.69. The highest BCUT2D eigenvalue weighted by Gasteiger charge is 2.33. The lowest BCUT2D eigenvalue weighted by Crippen LogP contribution is -2.50. The minimum absolute atomic E-state index is 0.355. The number of nitrogens with two attached hydrogens (primary N) is 1. The summed E-state index contributed by atoms with van der Waals surface area (Å²) in [7, 11) is 0.